The Hall–Kier alpha value is -4.37. The Bertz CT molecular complexity index is 1560. The van der Waals surface area contributed by atoms with Gasteiger partial charge in [0.05, 0.1) is 57.8 Å². The number of nitriles is 1. The van der Waals surface area contributed by atoms with E-state index in [4.69, 9.17) is 0 Å². The average Bonchev–Trinajstić information content (AvgIpc) is 3.57. The molecule has 0 aliphatic heterocycles. The minimum atomic E-state index is -1.63. The largest absolute Gasteiger partial charge is 0.387 e. The van der Waals surface area contributed by atoms with Gasteiger partial charge in [0.15, 0.2) is 0 Å². The Morgan fingerprint density at radius 1 is 1.25 bits per heavy atom. The first-order chi connectivity index (χ1) is 19.1. The van der Waals surface area contributed by atoms with Crippen LogP contribution in [0.4, 0.5) is 10.1 Å². The highest BCUT2D eigenvalue weighted by molar-refractivity contribution is 6.00. The zero-order valence-corrected chi connectivity index (χ0v) is 22.7. The van der Waals surface area contributed by atoms with Crippen LogP contribution in [0, 0.1) is 11.3 Å². The second-order valence-electron chi connectivity index (χ2n) is 10.9. The van der Waals surface area contributed by atoms with E-state index in [0.29, 0.717) is 28.6 Å². The molecule has 4 aromatic heterocycles. The molecule has 12 heteroatoms. The summed E-state index contributed by atoms with van der Waals surface area (Å²) in [5.41, 5.74) is 2.76. The van der Waals surface area contributed by atoms with Crippen LogP contribution in [0.25, 0.3) is 16.9 Å². The van der Waals surface area contributed by atoms with Crippen molar-refractivity contribution in [2.75, 3.05) is 11.9 Å². The number of anilines is 1. The first-order valence-electron chi connectivity index (χ1n) is 13.3. The topological polar surface area (TPSA) is 146 Å². The number of carbonyl (C=O) groups excluding carboxylic acids is 1. The molecule has 1 unspecified atom stereocenters. The third-order valence-electron chi connectivity index (χ3n) is 7.37. The maximum absolute atomic E-state index is 14.4. The minimum absolute atomic E-state index is 0.111. The molecule has 0 radical (unpaired) electrons. The van der Waals surface area contributed by atoms with Gasteiger partial charge in [0.2, 0.25) is 0 Å². The van der Waals surface area contributed by atoms with Crippen molar-refractivity contribution in [1.82, 2.24) is 34.9 Å². The van der Waals surface area contributed by atoms with Gasteiger partial charge < -0.3 is 15.7 Å². The van der Waals surface area contributed by atoms with E-state index in [1.54, 1.807) is 21.3 Å². The number of aromatic nitrogens is 6. The fourth-order valence-electron chi connectivity index (χ4n) is 4.98. The Labute approximate surface area is 231 Å². The molecule has 0 aromatic carbocycles. The van der Waals surface area contributed by atoms with E-state index in [-0.39, 0.29) is 18.2 Å². The van der Waals surface area contributed by atoms with Crippen LogP contribution in [0.3, 0.4) is 0 Å². The standard InChI is InChI=1S/C28H32FN9O2/c1-28(2,40)26(29)15-32-27(39)21-14-31-23(25-9-8-20-10-17(12-30)13-33-38(20)25)11-22(21)34-19-6-4-18(5-7-19)24-16-37(3)36-35-24/h8-11,13-14,16,18-19,26,40H,4-7,15H2,1-3H3,(H,31,34)(H,32,39). The molecule has 1 fully saturated rings. The lowest BCUT2D eigenvalue weighted by atomic mass is 9.84. The average molecular weight is 546 g/mol. The van der Waals surface area contributed by atoms with Crippen LogP contribution in [0.5, 0.6) is 0 Å². The number of hydrogen-bond acceptors (Lipinski definition) is 8. The van der Waals surface area contributed by atoms with E-state index < -0.39 is 17.7 Å². The number of rotatable bonds is 8. The van der Waals surface area contributed by atoms with Gasteiger partial charge in [-0.05, 0) is 63.8 Å². The van der Waals surface area contributed by atoms with Gasteiger partial charge >= 0.3 is 0 Å². The predicted molar refractivity (Wildman–Crippen MR) is 146 cm³/mol. The molecule has 1 atom stereocenters. The Kier molecular flexibility index (Phi) is 7.49. The highest BCUT2D eigenvalue weighted by Crippen LogP contribution is 2.34. The van der Waals surface area contributed by atoms with E-state index in [1.807, 2.05) is 25.4 Å². The van der Waals surface area contributed by atoms with Crippen LogP contribution in [0.2, 0.25) is 0 Å². The fraction of sp³-hybridized carbons (Fsp3) is 0.429. The van der Waals surface area contributed by atoms with Crippen LogP contribution in [0.15, 0.2) is 42.9 Å². The number of nitrogens with one attached hydrogen (secondary N) is 2. The Balaban J connectivity index is 1.40. The summed E-state index contributed by atoms with van der Waals surface area (Å²) in [7, 11) is 1.86. The third kappa shape index (κ3) is 5.79. The maximum Gasteiger partial charge on any atom is 0.255 e. The zero-order valence-electron chi connectivity index (χ0n) is 22.7. The molecule has 1 saturated carbocycles. The molecule has 4 heterocycles. The van der Waals surface area contributed by atoms with Crippen molar-refractivity contribution in [3.05, 3.63) is 59.7 Å². The smallest absolute Gasteiger partial charge is 0.255 e. The molecule has 4 aromatic rings. The van der Waals surface area contributed by atoms with Crippen molar-refractivity contribution in [3.8, 4) is 17.5 Å². The molecule has 40 heavy (non-hydrogen) atoms. The van der Waals surface area contributed by atoms with E-state index in [2.05, 4.69) is 37.1 Å². The molecular formula is C28H32FN9O2. The molecular weight excluding hydrogens is 513 g/mol. The lowest BCUT2D eigenvalue weighted by molar-refractivity contribution is -0.00177. The molecule has 1 amide bonds. The number of halogens is 1. The number of pyridine rings is 1. The number of amides is 1. The van der Waals surface area contributed by atoms with Crippen LogP contribution in [0.1, 0.15) is 67.1 Å². The summed E-state index contributed by atoms with van der Waals surface area (Å²) < 4.78 is 17.8. The summed E-state index contributed by atoms with van der Waals surface area (Å²) in [6.45, 7) is 2.39. The maximum atomic E-state index is 14.4. The molecule has 1 aliphatic carbocycles. The number of fused-ring (bicyclic) bond motifs is 1. The molecule has 0 spiro atoms. The lowest BCUT2D eigenvalue weighted by Crippen LogP contribution is -2.42. The quantitative estimate of drug-likeness (QED) is 0.305. The molecule has 3 N–H and O–H groups in total. The molecule has 1 aliphatic rings. The third-order valence-corrected chi connectivity index (χ3v) is 7.37. The van der Waals surface area contributed by atoms with Crippen molar-refractivity contribution < 1.29 is 14.3 Å². The summed E-state index contributed by atoms with van der Waals surface area (Å²) in [5, 5.41) is 37.9. The number of carbonyl (C=O) groups is 1. The molecule has 0 bridgehead atoms. The van der Waals surface area contributed by atoms with E-state index in [0.717, 1.165) is 36.9 Å². The highest BCUT2D eigenvalue weighted by atomic mass is 19.1. The summed E-state index contributed by atoms with van der Waals surface area (Å²) in [5.74, 6) is -0.152. The van der Waals surface area contributed by atoms with Gasteiger partial charge in [-0.1, -0.05) is 5.21 Å². The van der Waals surface area contributed by atoms with Crippen molar-refractivity contribution in [2.24, 2.45) is 7.05 Å². The Morgan fingerprint density at radius 2 is 2.02 bits per heavy atom. The van der Waals surface area contributed by atoms with Crippen molar-refractivity contribution in [3.63, 3.8) is 0 Å². The molecule has 208 valence electrons. The number of nitrogens with zero attached hydrogens (tertiary/aromatic N) is 7. The van der Waals surface area contributed by atoms with Gasteiger partial charge in [-0.2, -0.15) is 10.4 Å². The van der Waals surface area contributed by atoms with Gasteiger partial charge in [0.25, 0.3) is 5.91 Å². The van der Waals surface area contributed by atoms with Crippen LogP contribution >= 0.6 is 0 Å². The zero-order chi connectivity index (χ0) is 28.4. The van der Waals surface area contributed by atoms with Gasteiger partial charge in [-0.3, -0.25) is 14.5 Å². The number of aliphatic hydroxyl groups is 1. The minimum Gasteiger partial charge on any atom is -0.387 e. The summed E-state index contributed by atoms with van der Waals surface area (Å²) in [6, 6.07) is 9.45. The lowest BCUT2D eigenvalue weighted by Gasteiger charge is -2.29. The first-order valence-corrected chi connectivity index (χ1v) is 13.3. The second kappa shape index (κ2) is 11.0. The normalized spacial score (nSPS) is 18.3. The van der Waals surface area contributed by atoms with Crippen molar-refractivity contribution in [1.29, 1.82) is 5.26 Å². The number of hydrogen-bond donors (Lipinski definition) is 3. The second-order valence-corrected chi connectivity index (χ2v) is 10.9. The van der Waals surface area contributed by atoms with Gasteiger partial charge in [-0.15, -0.1) is 5.10 Å². The number of alkyl halides is 1. The summed E-state index contributed by atoms with van der Waals surface area (Å²) in [6.07, 6.45) is 6.89. The van der Waals surface area contributed by atoms with Crippen LogP contribution in [-0.2, 0) is 7.05 Å². The summed E-state index contributed by atoms with van der Waals surface area (Å²) in [4.78, 5) is 17.7. The van der Waals surface area contributed by atoms with Gasteiger partial charge in [-0.25, -0.2) is 8.91 Å². The van der Waals surface area contributed by atoms with Gasteiger partial charge in [0.1, 0.15) is 12.2 Å². The summed E-state index contributed by atoms with van der Waals surface area (Å²) >= 11 is 0. The molecule has 5 rings (SSSR count). The fourth-order valence-corrected chi connectivity index (χ4v) is 4.98. The van der Waals surface area contributed by atoms with Gasteiger partial charge in [0, 0.05) is 31.4 Å². The molecule has 0 saturated heterocycles. The highest BCUT2D eigenvalue weighted by Gasteiger charge is 2.28. The van der Waals surface area contributed by atoms with Crippen molar-refractivity contribution in [2.45, 2.75) is 63.3 Å². The Morgan fingerprint density at radius 3 is 2.70 bits per heavy atom. The first kappa shape index (κ1) is 27.2. The van der Waals surface area contributed by atoms with Crippen molar-refractivity contribution >= 4 is 17.1 Å². The van der Waals surface area contributed by atoms with E-state index >= 15 is 0 Å². The molecule has 11 nitrogen and oxygen atoms in total. The number of aryl methyl sites for hydroxylation is 1. The van der Waals surface area contributed by atoms with Crippen LogP contribution in [-0.4, -0.2) is 65.0 Å². The SMILES string of the molecule is Cn1cc(C2CCC(Nc3cc(-c4ccc5cc(C#N)cnn45)ncc3C(=O)NCC(F)C(C)(C)O)CC2)nn1. The van der Waals surface area contributed by atoms with E-state index in [9.17, 15) is 19.6 Å². The van der Waals surface area contributed by atoms with Crippen LogP contribution < -0.4 is 10.6 Å². The monoisotopic (exact) mass is 545 g/mol. The predicted octanol–water partition coefficient (Wildman–Crippen LogP) is 3.37. The van der Waals surface area contributed by atoms with E-state index in [1.165, 1.54) is 26.2 Å².